The molecule has 82 valence electrons. The third-order valence-corrected chi connectivity index (χ3v) is 2.30. The Morgan fingerprint density at radius 3 is 2.57 bits per heavy atom. The molecule has 0 heterocycles. The van der Waals surface area contributed by atoms with Gasteiger partial charge in [-0.3, -0.25) is 9.59 Å². The summed E-state index contributed by atoms with van der Waals surface area (Å²) < 4.78 is 9.30. The summed E-state index contributed by atoms with van der Waals surface area (Å²) in [5, 5.41) is 0. The van der Waals surface area contributed by atoms with Crippen molar-refractivity contribution < 1.29 is 19.1 Å². The van der Waals surface area contributed by atoms with Crippen LogP contribution < -0.4 is 0 Å². The Hall–Kier alpha value is -0.710. The molecular weight excluding hydrogens is 204 g/mol. The molecule has 0 aromatic rings. The molecule has 0 radical (unpaired) electrons. The van der Waals surface area contributed by atoms with E-state index < -0.39 is 0 Å². The fraction of sp³-hybridized carbons (Fsp3) is 0.778. The van der Waals surface area contributed by atoms with Crippen LogP contribution in [0, 0.1) is 0 Å². The quantitative estimate of drug-likeness (QED) is 0.477. The van der Waals surface area contributed by atoms with E-state index in [9.17, 15) is 9.59 Å². The van der Waals surface area contributed by atoms with Crippen LogP contribution in [0.5, 0.6) is 0 Å². The summed E-state index contributed by atoms with van der Waals surface area (Å²) in [6.07, 6.45) is 1.18. The van der Waals surface area contributed by atoms with Crippen LogP contribution in [0.15, 0.2) is 0 Å². The van der Waals surface area contributed by atoms with Crippen molar-refractivity contribution in [2.24, 2.45) is 0 Å². The van der Waals surface area contributed by atoms with Gasteiger partial charge in [0.2, 0.25) is 0 Å². The fourth-order valence-electron chi connectivity index (χ4n) is 0.658. The van der Waals surface area contributed by atoms with Crippen molar-refractivity contribution in [1.29, 1.82) is 0 Å². The topological polar surface area (TPSA) is 52.6 Å². The Morgan fingerprint density at radius 1 is 1.29 bits per heavy atom. The minimum absolute atomic E-state index is 0.204. The summed E-state index contributed by atoms with van der Waals surface area (Å²) in [7, 11) is 1.35. The number of carbonyl (C=O) groups is 2. The number of thioether (sulfide) groups is 1. The van der Waals surface area contributed by atoms with Gasteiger partial charge in [0, 0.05) is 5.75 Å². The van der Waals surface area contributed by atoms with E-state index >= 15 is 0 Å². The minimum Gasteiger partial charge on any atom is -0.468 e. The molecule has 14 heavy (non-hydrogen) atoms. The molecule has 0 aliphatic carbocycles. The molecule has 0 atom stereocenters. The monoisotopic (exact) mass is 220 g/mol. The number of rotatable bonds is 7. The van der Waals surface area contributed by atoms with Gasteiger partial charge in [0.1, 0.15) is 0 Å². The Kier molecular flexibility index (Phi) is 8.42. The zero-order valence-electron chi connectivity index (χ0n) is 8.58. The SMILES string of the molecule is CCCOC(=O)CCSCC(=O)OC. The van der Waals surface area contributed by atoms with E-state index in [1.807, 2.05) is 6.92 Å². The maximum absolute atomic E-state index is 11.0. The lowest BCUT2D eigenvalue weighted by Crippen LogP contribution is -2.08. The van der Waals surface area contributed by atoms with Gasteiger partial charge >= 0.3 is 11.9 Å². The summed E-state index contributed by atoms with van der Waals surface area (Å²) in [4.78, 5) is 21.6. The molecule has 0 aliphatic heterocycles. The van der Waals surface area contributed by atoms with Gasteiger partial charge in [-0.1, -0.05) is 6.92 Å². The van der Waals surface area contributed by atoms with Crippen LogP contribution >= 0.6 is 11.8 Å². The molecule has 0 rings (SSSR count). The molecule has 0 unspecified atom stereocenters. The zero-order chi connectivity index (χ0) is 10.8. The first-order chi connectivity index (χ1) is 6.70. The number of hydrogen-bond acceptors (Lipinski definition) is 5. The van der Waals surface area contributed by atoms with Crippen molar-refractivity contribution >= 4 is 23.7 Å². The molecule has 0 fully saturated rings. The maximum atomic E-state index is 11.0. The highest BCUT2D eigenvalue weighted by Crippen LogP contribution is 2.03. The average Bonchev–Trinajstić information content (AvgIpc) is 2.21. The number of hydrogen-bond donors (Lipinski definition) is 0. The van der Waals surface area contributed by atoms with Gasteiger partial charge in [-0.05, 0) is 6.42 Å². The van der Waals surface area contributed by atoms with Crippen molar-refractivity contribution in [2.75, 3.05) is 25.2 Å². The molecule has 0 N–H and O–H groups in total. The molecule has 0 aromatic carbocycles. The Bertz CT molecular complexity index is 182. The highest BCUT2D eigenvalue weighted by molar-refractivity contribution is 7.99. The van der Waals surface area contributed by atoms with Crippen molar-refractivity contribution in [2.45, 2.75) is 19.8 Å². The summed E-state index contributed by atoms with van der Waals surface area (Å²) >= 11 is 1.37. The normalized spacial score (nSPS) is 9.57. The molecule has 4 nitrogen and oxygen atoms in total. The number of ether oxygens (including phenoxy) is 2. The first kappa shape index (κ1) is 13.3. The summed E-state index contributed by atoms with van der Waals surface area (Å²) in [5.74, 6) is 0.413. The molecule has 0 saturated carbocycles. The lowest BCUT2D eigenvalue weighted by Gasteiger charge is -2.02. The first-order valence-electron chi connectivity index (χ1n) is 4.50. The summed E-state index contributed by atoms with van der Waals surface area (Å²) in [6.45, 7) is 2.42. The van der Waals surface area contributed by atoms with Gasteiger partial charge in [-0.25, -0.2) is 0 Å². The predicted molar refractivity (Wildman–Crippen MR) is 55.2 cm³/mol. The number of carbonyl (C=O) groups excluding carboxylic acids is 2. The first-order valence-corrected chi connectivity index (χ1v) is 5.66. The van der Waals surface area contributed by atoms with Crippen molar-refractivity contribution in [3.8, 4) is 0 Å². The van der Waals surface area contributed by atoms with Crippen LogP contribution in [0.3, 0.4) is 0 Å². The fourth-order valence-corrected chi connectivity index (χ4v) is 1.40. The smallest absolute Gasteiger partial charge is 0.315 e. The van der Waals surface area contributed by atoms with Gasteiger partial charge < -0.3 is 9.47 Å². The van der Waals surface area contributed by atoms with E-state index in [1.165, 1.54) is 18.9 Å². The van der Waals surface area contributed by atoms with Crippen molar-refractivity contribution in [1.82, 2.24) is 0 Å². The standard InChI is InChI=1S/C9H16O4S/c1-3-5-13-8(10)4-6-14-7-9(11)12-2/h3-7H2,1-2H3. The van der Waals surface area contributed by atoms with E-state index in [-0.39, 0.29) is 17.7 Å². The molecule has 0 saturated heterocycles. The average molecular weight is 220 g/mol. The molecule has 0 spiro atoms. The van der Waals surface area contributed by atoms with Crippen LogP contribution in [0.2, 0.25) is 0 Å². The lowest BCUT2D eigenvalue weighted by atomic mass is 10.5. The van der Waals surface area contributed by atoms with Crippen LogP contribution in [0.4, 0.5) is 0 Å². The van der Waals surface area contributed by atoms with Crippen LogP contribution in [0.1, 0.15) is 19.8 Å². The van der Waals surface area contributed by atoms with Gasteiger partial charge in [0.25, 0.3) is 0 Å². The summed E-state index contributed by atoms with van der Waals surface area (Å²) in [6, 6.07) is 0. The molecule has 5 heteroatoms. The van der Waals surface area contributed by atoms with Gasteiger partial charge in [0.15, 0.2) is 0 Å². The Labute approximate surface area is 88.3 Å². The number of esters is 2. The van der Waals surface area contributed by atoms with E-state index in [0.29, 0.717) is 18.8 Å². The number of methoxy groups -OCH3 is 1. The molecule has 0 amide bonds. The van der Waals surface area contributed by atoms with Crippen molar-refractivity contribution in [3.63, 3.8) is 0 Å². The minimum atomic E-state index is -0.267. The molecular formula is C9H16O4S. The highest BCUT2D eigenvalue weighted by atomic mass is 32.2. The van der Waals surface area contributed by atoms with Crippen LogP contribution in [-0.2, 0) is 19.1 Å². The van der Waals surface area contributed by atoms with E-state index in [0.717, 1.165) is 6.42 Å². The third-order valence-electron chi connectivity index (χ3n) is 1.37. The Morgan fingerprint density at radius 2 is 2.00 bits per heavy atom. The lowest BCUT2D eigenvalue weighted by molar-refractivity contribution is -0.143. The van der Waals surface area contributed by atoms with Gasteiger partial charge in [0.05, 0.1) is 25.9 Å². The predicted octanol–water partition coefficient (Wildman–Crippen LogP) is 1.24. The molecule has 0 aromatic heterocycles. The third kappa shape index (κ3) is 7.91. The highest BCUT2D eigenvalue weighted by Gasteiger charge is 2.04. The molecule has 0 bridgehead atoms. The van der Waals surface area contributed by atoms with Crippen LogP contribution in [0.25, 0.3) is 0 Å². The Balaban J connectivity index is 3.27. The zero-order valence-corrected chi connectivity index (χ0v) is 9.39. The second kappa shape index (κ2) is 8.87. The van der Waals surface area contributed by atoms with Gasteiger partial charge in [-0.15, -0.1) is 11.8 Å². The van der Waals surface area contributed by atoms with Crippen LogP contribution in [-0.4, -0.2) is 37.2 Å². The molecule has 0 aliphatic rings. The van der Waals surface area contributed by atoms with E-state index in [4.69, 9.17) is 4.74 Å². The second-order valence-electron chi connectivity index (χ2n) is 2.60. The van der Waals surface area contributed by atoms with E-state index in [2.05, 4.69) is 4.74 Å². The largest absolute Gasteiger partial charge is 0.468 e. The second-order valence-corrected chi connectivity index (χ2v) is 3.70. The summed E-state index contributed by atoms with van der Waals surface area (Å²) in [5.41, 5.74) is 0. The maximum Gasteiger partial charge on any atom is 0.315 e. The van der Waals surface area contributed by atoms with Gasteiger partial charge in [-0.2, -0.15) is 0 Å². The van der Waals surface area contributed by atoms with E-state index in [1.54, 1.807) is 0 Å². The van der Waals surface area contributed by atoms with Crippen molar-refractivity contribution in [3.05, 3.63) is 0 Å².